The lowest BCUT2D eigenvalue weighted by Crippen LogP contribution is -2.02. The van der Waals surface area contributed by atoms with Gasteiger partial charge in [0.25, 0.3) is 0 Å². The third kappa shape index (κ3) is 7.46. The monoisotopic (exact) mass is 174 g/mol. The van der Waals surface area contributed by atoms with Crippen LogP contribution in [-0.2, 0) is 9.53 Å². The predicted octanol–water partition coefficient (Wildman–Crippen LogP) is 1.86. The van der Waals surface area contributed by atoms with Gasteiger partial charge in [0.1, 0.15) is 0 Å². The Balaban J connectivity index is 3.01. The Kier molecular flexibility index (Phi) is 7.36. The number of hydrogen-bond acceptors (Lipinski definition) is 3. The Morgan fingerprint density at radius 3 is 3.00 bits per heavy atom. The second kappa shape index (κ2) is 7.66. The van der Waals surface area contributed by atoms with Crippen molar-refractivity contribution in [1.82, 2.24) is 0 Å². The van der Waals surface area contributed by atoms with Crippen LogP contribution >= 0.6 is 11.8 Å². The molecule has 0 unspecified atom stereocenters. The third-order valence-corrected chi connectivity index (χ3v) is 2.03. The van der Waals surface area contributed by atoms with Crippen molar-refractivity contribution in [3.8, 4) is 0 Å². The van der Waals surface area contributed by atoms with Gasteiger partial charge in [0, 0.05) is 6.08 Å². The SMILES string of the molecule is C=CC(=O)OCCCSCC. The summed E-state index contributed by atoms with van der Waals surface area (Å²) in [6, 6.07) is 0. The van der Waals surface area contributed by atoms with Gasteiger partial charge >= 0.3 is 5.97 Å². The molecule has 0 aliphatic carbocycles. The first-order valence-corrected chi connectivity index (χ1v) is 4.83. The van der Waals surface area contributed by atoms with Crippen molar-refractivity contribution in [2.75, 3.05) is 18.1 Å². The summed E-state index contributed by atoms with van der Waals surface area (Å²) in [5.74, 6) is 1.85. The molecular formula is C8H14O2S. The lowest BCUT2D eigenvalue weighted by atomic mass is 10.5. The first kappa shape index (κ1) is 10.6. The molecule has 0 aromatic rings. The summed E-state index contributed by atoms with van der Waals surface area (Å²) in [5.41, 5.74) is 0. The van der Waals surface area contributed by atoms with Crippen LogP contribution in [0.2, 0.25) is 0 Å². The summed E-state index contributed by atoms with van der Waals surface area (Å²) in [6.45, 7) is 5.92. The molecule has 0 bridgehead atoms. The normalized spacial score (nSPS) is 9.18. The minimum atomic E-state index is -0.327. The van der Waals surface area contributed by atoms with E-state index >= 15 is 0 Å². The molecule has 0 aliphatic heterocycles. The summed E-state index contributed by atoms with van der Waals surface area (Å²) >= 11 is 1.85. The van der Waals surface area contributed by atoms with Gasteiger partial charge in [-0.15, -0.1) is 0 Å². The standard InChI is InChI=1S/C8H14O2S/c1-3-8(9)10-6-5-7-11-4-2/h3H,1,4-7H2,2H3. The van der Waals surface area contributed by atoms with E-state index in [2.05, 4.69) is 13.5 Å². The number of thioether (sulfide) groups is 1. The van der Waals surface area contributed by atoms with E-state index in [9.17, 15) is 4.79 Å². The van der Waals surface area contributed by atoms with Crippen LogP contribution in [0.4, 0.5) is 0 Å². The first-order chi connectivity index (χ1) is 5.31. The molecule has 0 fully saturated rings. The largest absolute Gasteiger partial charge is 0.463 e. The average molecular weight is 174 g/mol. The van der Waals surface area contributed by atoms with E-state index in [4.69, 9.17) is 4.74 Å². The minimum absolute atomic E-state index is 0.327. The van der Waals surface area contributed by atoms with E-state index in [0.29, 0.717) is 6.61 Å². The van der Waals surface area contributed by atoms with Crippen LogP contribution in [0.1, 0.15) is 13.3 Å². The molecule has 0 amide bonds. The molecule has 11 heavy (non-hydrogen) atoms. The van der Waals surface area contributed by atoms with Crippen LogP contribution in [0.5, 0.6) is 0 Å². The van der Waals surface area contributed by atoms with Gasteiger partial charge in [-0.25, -0.2) is 4.79 Å². The zero-order chi connectivity index (χ0) is 8.53. The highest BCUT2D eigenvalue weighted by molar-refractivity contribution is 7.99. The highest BCUT2D eigenvalue weighted by Gasteiger charge is 1.93. The van der Waals surface area contributed by atoms with Crippen LogP contribution in [0.3, 0.4) is 0 Å². The van der Waals surface area contributed by atoms with Crippen LogP contribution in [-0.4, -0.2) is 24.1 Å². The maximum atomic E-state index is 10.5. The summed E-state index contributed by atoms with van der Waals surface area (Å²) in [5, 5.41) is 0. The topological polar surface area (TPSA) is 26.3 Å². The highest BCUT2D eigenvalue weighted by atomic mass is 32.2. The van der Waals surface area contributed by atoms with Crippen molar-refractivity contribution >= 4 is 17.7 Å². The molecule has 0 aromatic heterocycles. The average Bonchev–Trinajstić information content (AvgIpc) is 2.04. The molecule has 0 spiro atoms. The Morgan fingerprint density at radius 2 is 2.45 bits per heavy atom. The fraction of sp³-hybridized carbons (Fsp3) is 0.625. The maximum absolute atomic E-state index is 10.5. The second-order valence-corrected chi connectivity index (χ2v) is 3.32. The molecule has 0 heterocycles. The van der Waals surface area contributed by atoms with E-state index in [1.54, 1.807) is 0 Å². The van der Waals surface area contributed by atoms with Crippen LogP contribution in [0.15, 0.2) is 12.7 Å². The molecular weight excluding hydrogens is 160 g/mol. The second-order valence-electron chi connectivity index (χ2n) is 1.92. The van der Waals surface area contributed by atoms with E-state index in [0.717, 1.165) is 17.9 Å². The molecule has 0 aliphatic rings. The molecule has 0 N–H and O–H groups in total. The number of carbonyl (C=O) groups is 1. The molecule has 0 atom stereocenters. The Morgan fingerprint density at radius 1 is 1.73 bits per heavy atom. The van der Waals surface area contributed by atoms with Crippen LogP contribution < -0.4 is 0 Å². The molecule has 3 heteroatoms. The molecule has 0 rings (SSSR count). The van der Waals surface area contributed by atoms with Gasteiger partial charge in [-0.1, -0.05) is 13.5 Å². The van der Waals surface area contributed by atoms with Crippen molar-refractivity contribution in [1.29, 1.82) is 0 Å². The number of ether oxygens (including phenoxy) is 1. The molecule has 64 valence electrons. The summed E-state index contributed by atoms with van der Waals surface area (Å²) in [7, 11) is 0. The fourth-order valence-electron chi connectivity index (χ4n) is 0.537. The third-order valence-electron chi connectivity index (χ3n) is 1.05. The predicted molar refractivity (Wildman–Crippen MR) is 48.8 cm³/mol. The number of esters is 1. The first-order valence-electron chi connectivity index (χ1n) is 3.68. The summed E-state index contributed by atoms with van der Waals surface area (Å²) in [4.78, 5) is 10.5. The molecule has 2 nitrogen and oxygen atoms in total. The Bertz CT molecular complexity index is 123. The number of carbonyl (C=O) groups excluding carboxylic acids is 1. The summed E-state index contributed by atoms with van der Waals surface area (Å²) < 4.78 is 4.77. The lowest BCUT2D eigenvalue weighted by Gasteiger charge is -1.99. The molecule has 0 radical (unpaired) electrons. The Hall–Kier alpha value is -0.440. The maximum Gasteiger partial charge on any atom is 0.330 e. The van der Waals surface area contributed by atoms with Crippen molar-refractivity contribution in [2.24, 2.45) is 0 Å². The van der Waals surface area contributed by atoms with Gasteiger partial charge in [0.05, 0.1) is 6.61 Å². The quantitative estimate of drug-likeness (QED) is 0.349. The number of rotatable bonds is 6. The zero-order valence-corrected chi connectivity index (χ0v) is 7.65. The Labute approximate surface area is 72.0 Å². The zero-order valence-electron chi connectivity index (χ0n) is 6.84. The van der Waals surface area contributed by atoms with Crippen LogP contribution in [0, 0.1) is 0 Å². The highest BCUT2D eigenvalue weighted by Crippen LogP contribution is 2.00. The van der Waals surface area contributed by atoms with Gasteiger partial charge in [0.2, 0.25) is 0 Å². The smallest absolute Gasteiger partial charge is 0.330 e. The minimum Gasteiger partial charge on any atom is -0.463 e. The van der Waals surface area contributed by atoms with Crippen molar-refractivity contribution < 1.29 is 9.53 Å². The molecule has 0 saturated carbocycles. The van der Waals surface area contributed by atoms with E-state index < -0.39 is 0 Å². The van der Waals surface area contributed by atoms with Crippen molar-refractivity contribution in [2.45, 2.75) is 13.3 Å². The van der Waals surface area contributed by atoms with Gasteiger partial charge < -0.3 is 4.74 Å². The van der Waals surface area contributed by atoms with Gasteiger partial charge in [-0.2, -0.15) is 11.8 Å². The lowest BCUT2D eigenvalue weighted by molar-refractivity contribution is -0.137. The fourth-order valence-corrected chi connectivity index (χ4v) is 1.15. The molecule has 0 aromatic carbocycles. The van der Waals surface area contributed by atoms with E-state index in [1.807, 2.05) is 11.8 Å². The van der Waals surface area contributed by atoms with Gasteiger partial charge in [-0.05, 0) is 17.9 Å². The van der Waals surface area contributed by atoms with Crippen molar-refractivity contribution in [3.63, 3.8) is 0 Å². The van der Waals surface area contributed by atoms with Gasteiger partial charge in [0.15, 0.2) is 0 Å². The van der Waals surface area contributed by atoms with E-state index in [1.165, 1.54) is 6.08 Å². The molecule has 0 saturated heterocycles. The number of hydrogen-bond donors (Lipinski definition) is 0. The van der Waals surface area contributed by atoms with E-state index in [-0.39, 0.29) is 5.97 Å². The summed E-state index contributed by atoms with van der Waals surface area (Å²) in [6.07, 6.45) is 2.12. The van der Waals surface area contributed by atoms with Crippen molar-refractivity contribution in [3.05, 3.63) is 12.7 Å². The van der Waals surface area contributed by atoms with Crippen LogP contribution in [0.25, 0.3) is 0 Å². The van der Waals surface area contributed by atoms with Gasteiger partial charge in [-0.3, -0.25) is 0 Å².